The van der Waals surface area contributed by atoms with E-state index in [2.05, 4.69) is 27.9 Å². The van der Waals surface area contributed by atoms with E-state index in [1.54, 1.807) is 4.68 Å². The number of hydrogen-bond acceptors (Lipinski definition) is 3. The van der Waals surface area contributed by atoms with Gasteiger partial charge in [0.15, 0.2) is 0 Å². The number of benzene rings is 3. The number of amides is 1. The number of aromatic nitrogens is 2. The van der Waals surface area contributed by atoms with Gasteiger partial charge in [0.2, 0.25) is 5.91 Å². The van der Waals surface area contributed by atoms with Crippen LogP contribution in [0.25, 0.3) is 11.1 Å². The molecule has 0 atom stereocenters. The monoisotopic (exact) mass is 460 g/mol. The van der Waals surface area contributed by atoms with Crippen molar-refractivity contribution in [2.24, 2.45) is 7.05 Å². The summed E-state index contributed by atoms with van der Waals surface area (Å²) in [4.78, 5) is 12.0. The smallest absolute Gasteiger partial charge is 0.228 e. The molecule has 0 aliphatic carbocycles. The van der Waals surface area contributed by atoms with Gasteiger partial charge in [0, 0.05) is 29.5 Å². The first-order valence-corrected chi connectivity index (χ1v) is 11.2. The molecule has 33 heavy (non-hydrogen) atoms. The average Bonchev–Trinajstić information content (AvgIpc) is 3.26. The first-order chi connectivity index (χ1) is 16.0. The van der Waals surface area contributed by atoms with E-state index in [1.165, 1.54) is 5.56 Å². The van der Waals surface area contributed by atoms with E-state index in [-0.39, 0.29) is 5.91 Å². The number of carbonyl (C=O) groups excluding carboxylic acids is 1. The van der Waals surface area contributed by atoms with Crippen molar-refractivity contribution in [3.63, 3.8) is 0 Å². The highest BCUT2D eigenvalue weighted by atomic mass is 35.5. The van der Waals surface area contributed by atoms with Gasteiger partial charge in [-0.1, -0.05) is 66.2 Å². The Labute approximate surface area is 200 Å². The zero-order valence-corrected chi connectivity index (χ0v) is 19.7. The third-order valence-corrected chi connectivity index (χ3v) is 5.24. The molecule has 0 aliphatic heterocycles. The summed E-state index contributed by atoms with van der Waals surface area (Å²) in [7, 11) is 3.84. The Bertz CT molecular complexity index is 1120. The largest absolute Gasteiger partial charge is 0.326 e. The fraction of sp³-hybridized carbons (Fsp3) is 0.185. The van der Waals surface area contributed by atoms with Gasteiger partial charge >= 0.3 is 0 Å². The Kier molecular flexibility index (Phi) is 9.24. The molecule has 4 aromatic rings. The Morgan fingerprint density at radius 2 is 1.61 bits per heavy atom. The topological polar surface area (TPSA) is 59.0 Å². The molecular formula is C27H29ClN4O. The summed E-state index contributed by atoms with van der Waals surface area (Å²) in [5.41, 5.74) is 5.27. The van der Waals surface area contributed by atoms with Gasteiger partial charge < -0.3 is 10.6 Å². The van der Waals surface area contributed by atoms with Crippen LogP contribution in [0.1, 0.15) is 11.1 Å². The van der Waals surface area contributed by atoms with E-state index in [0.717, 1.165) is 40.4 Å². The van der Waals surface area contributed by atoms with Crippen LogP contribution in [0.5, 0.6) is 0 Å². The maximum Gasteiger partial charge on any atom is 0.228 e. The van der Waals surface area contributed by atoms with E-state index in [9.17, 15) is 4.79 Å². The molecule has 0 spiro atoms. The summed E-state index contributed by atoms with van der Waals surface area (Å²) in [6.45, 7) is 1.02. The molecule has 3 aromatic carbocycles. The highest BCUT2D eigenvalue weighted by Crippen LogP contribution is 2.20. The number of halogens is 1. The normalized spacial score (nSPS) is 10.3. The molecule has 1 amide bonds. The standard InChI is InChI=1S/C18H17N3O.C9H12ClN/c1-21-13-16(12-19-21)15-7-9-17(10-8-15)20-18(22)11-14-5-3-2-4-6-14;1-11-7-6-8-2-4-9(10)5-3-8/h2-10,12-13H,11H2,1H3,(H,20,22);2-5,11H,6-7H2,1H3. The predicted octanol–water partition coefficient (Wildman–Crippen LogP) is 5.37. The Morgan fingerprint density at radius 3 is 2.21 bits per heavy atom. The van der Waals surface area contributed by atoms with Gasteiger partial charge in [-0.15, -0.1) is 0 Å². The molecule has 0 fully saturated rings. The molecule has 170 valence electrons. The van der Waals surface area contributed by atoms with Gasteiger partial charge in [0.05, 0.1) is 12.6 Å². The lowest BCUT2D eigenvalue weighted by molar-refractivity contribution is -0.115. The highest BCUT2D eigenvalue weighted by Gasteiger charge is 2.05. The van der Waals surface area contributed by atoms with E-state index in [1.807, 2.05) is 93.2 Å². The Hall–Kier alpha value is -3.41. The molecule has 1 heterocycles. The van der Waals surface area contributed by atoms with Crippen LogP contribution in [-0.2, 0) is 24.7 Å². The van der Waals surface area contributed by atoms with E-state index < -0.39 is 0 Å². The van der Waals surface area contributed by atoms with Gasteiger partial charge in [0.1, 0.15) is 0 Å². The quantitative estimate of drug-likeness (QED) is 0.389. The second kappa shape index (κ2) is 12.6. The highest BCUT2D eigenvalue weighted by molar-refractivity contribution is 6.30. The van der Waals surface area contributed by atoms with E-state index >= 15 is 0 Å². The van der Waals surface area contributed by atoms with Gasteiger partial charge in [-0.25, -0.2) is 0 Å². The van der Waals surface area contributed by atoms with Gasteiger partial charge in [-0.3, -0.25) is 9.48 Å². The first kappa shape index (κ1) is 24.2. The maximum absolute atomic E-state index is 12.0. The maximum atomic E-state index is 12.0. The molecule has 0 aliphatic rings. The van der Waals surface area contributed by atoms with Crippen LogP contribution in [0.4, 0.5) is 5.69 Å². The molecule has 4 rings (SSSR count). The summed E-state index contributed by atoms with van der Waals surface area (Å²) >= 11 is 5.73. The lowest BCUT2D eigenvalue weighted by Crippen LogP contribution is -2.14. The Morgan fingerprint density at radius 1 is 0.909 bits per heavy atom. The number of aryl methyl sites for hydroxylation is 1. The lowest BCUT2D eigenvalue weighted by Gasteiger charge is -2.06. The van der Waals surface area contributed by atoms with Crippen molar-refractivity contribution in [3.05, 3.63) is 107 Å². The van der Waals surface area contributed by atoms with Crippen LogP contribution in [0.15, 0.2) is 91.3 Å². The zero-order valence-electron chi connectivity index (χ0n) is 19.0. The Balaban J connectivity index is 0.000000235. The number of anilines is 1. The average molecular weight is 461 g/mol. The fourth-order valence-corrected chi connectivity index (χ4v) is 3.35. The second-order valence-corrected chi connectivity index (χ2v) is 8.11. The van der Waals surface area contributed by atoms with Crippen LogP contribution >= 0.6 is 11.6 Å². The second-order valence-electron chi connectivity index (χ2n) is 7.67. The van der Waals surface area contributed by atoms with Crippen molar-refractivity contribution in [2.45, 2.75) is 12.8 Å². The third-order valence-electron chi connectivity index (χ3n) is 4.99. The molecule has 0 bridgehead atoms. The van der Waals surface area contributed by atoms with Crippen LogP contribution < -0.4 is 10.6 Å². The zero-order chi connectivity index (χ0) is 23.5. The number of likely N-dealkylation sites (N-methyl/N-ethyl adjacent to an activating group) is 1. The number of hydrogen-bond donors (Lipinski definition) is 2. The van der Waals surface area contributed by atoms with Crippen molar-refractivity contribution in [2.75, 3.05) is 18.9 Å². The van der Waals surface area contributed by atoms with E-state index in [0.29, 0.717) is 6.42 Å². The van der Waals surface area contributed by atoms with Crippen molar-refractivity contribution in [1.82, 2.24) is 15.1 Å². The molecule has 1 aromatic heterocycles. The minimum atomic E-state index is -0.0136. The molecule has 5 nitrogen and oxygen atoms in total. The summed E-state index contributed by atoms with van der Waals surface area (Å²) in [6.07, 6.45) is 5.23. The summed E-state index contributed by atoms with van der Waals surface area (Å²) < 4.78 is 1.77. The molecule has 2 N–H and O–H groups in total. The minimum Gasteiger partial charge on any atom is -0.326 e. The molecule has 0 saturated carbocycles. The van der Waals surface area contributed by atoms with Crippen LogP contribution in [0, 0.1) is 0 Å². The van der Waals surface area contributed by atoms with Crippen LogP contribution in [-0.4, -0.2) is 29.3 Å². The minimum absolute atomic E-state index is 0.0136. The van der Waals surface area contributed by atoms with Gasteiger partial charge in [0.25, 0.3) is 0 Å². The molecular weight excluding hydrogens is 432 g/mol. The van der Waals surface area contributed by atoms with Gasteiger partial charge in [-0.05, 0) is 61.0 Å². The molecule has 0 unspecified atom stereocenters. The molecule has 0 radical (unpaired) electrons. The van der Waals surface area contributed by atoms with Crippen molar-refractivity contribution < 1.29 is 4.79 Å². The third kappa shape index (κ3) is 8.22. The van der Waals surface area contributed by atoms with E-state index in [4.69, 9.17) is 11.6 Å². The SMILES string of the molecule is CNCCc1ccc(Cl)cc1.Cn1cc(-c2ccc(NC(=O)Cc3ccccc3)cc2)cn1. The van der Waals surface area contributed by atoms with Crippen LogP contribution in [0.2, 0.25) is 5.02 Å². The lowest BCUT2D eigenvalue weighted by atomic mass is 10.1. The number of rotatable bonds is 7. The predicted molar refractivity (Wildman–Crippen MR) is 137 cm³/mol. The fourth-order valence-electron chi connectivity index (χ4n) is 3.22. The number of nitrogens with zero attached hydrogens (tertiary/aromatic N) is 2. The summed E-state index contributed by atoms with van der Waals surface area (Å²) in [5.74, 6) is -0.0136. The first-order valence-electron chi connectivity index (χ1n) is 10.9. The number of carbonyl (C=O) groups is 1. The summed E-state index contributed by atoms with van der Waals surface area (Å²) in [5, 5.41) is 11.0. The van der Waals surface area contributed by atoms with Crippen molar-refractivity contribution in [1.29, 1.82) is 0 Å². The number of nitrogens with one attached hydrogen (secondary N) is 2. The molecule has 6 heteroatoms. The molecule has 0 saturated heterocycles. The summed E-state index contributed by atoms with van der Waals surface area (Å²) in [6, 6.07) is 25.4. The van der Waals surface area contributed by atoms with Crippen molar-refractivity contribution in [3.8, 4) is 11.1 Å². The van der Waals surface area contributed by atoms with Gasteiger partial charge in [-0.2, -0.15) is 5.10 Å². The van der Waals surface area contributed by atoms with Crippen molar-refractivity contribution >= 4 is 23.2 Å². The van der Waals surface area contributed by atoms with Crippen LogP contribution in [0.3, 0.4) is 0 Å².